The Labute approximate surface area is 101 Å². The molecule has 2 nitrogen and oxygen atoms in total. The zero-order chi connectivity index (χ0) is 11.6. The first-order chi connectivity index (χ1) is 7.72. The molecule has 2 N–H and O–H groups in total. The molecule has 1 heterocycles. The average molecular weight is 224 g/mol. The van der Waals surface area contributed by atoms with Gasteiger partial charge in [0, 0.05) is 18.1 Å². The van der Waals surface area contributed by atoms with Crippen LogP contribution in [0, 0.1) is 5.92 Å². The number of hydrogen-bond donors (Lipinski definition) is 1. The summed E-state index contributed by atoms with van der Waals surface area (Å²) in [6.45, 7) is 6.89. The van der Waals surface area contributed by atoms with Crippen molar-refractivity contribution in [1.82, 2.24) is 4.90 Å². The van der Waals surface area contributed by atoms with E-state index in [2.05, 4.69) is 18.7 Å². The van der Waals surface area contributed by atoms with Crippen LogP contribution in [0.3, 0.4) is 0 Å². The number of hydrogen-bond acceptors (Lipinski definition) is 2. The van der Waals surface area contributed by atoms with Crippen LogP contribution in [-0.2, 0) is 0 Å². The van der Waals surface area contributed by atoms with Crippen molar-refractivity contribution in [3.05, 3.63) is 0 Å². The third-order valence-electron chi connectivity index (χ3n) is 4.92. The van der Waals surface area contributed by atoms with Crippen LogP contribution < -0.4 is 5.73 Å². The fraction of sp³-hybridized carbons (Fsp3) is 1.00. The maximum absolute atomic E-state index is 6.14. The van der Waals surface area contributed by atoms with Crippen LogP contribution >= 0.6 is 0 Å². The zero-order valence-electron chi connectivity index (χ0n) is 11.0. The Morgan fingerprint density at radius 1 is 1.31 bits per heavy atom. The van der Waals surface area contributed by atoms with E-state index in [-0.39, 0.29) is 0 Å². The molecule has 0 radical (unpaired) electrons. The highest BCUT2D eigenvalue weighted by Crippen LogP contribution is 2.41. The highest BCUT2D eigenvalue weighted by Gasteiger charge is 2.44. The van der Waals surface area contributed by atoms with Gasteiger partial charge in [-0.1, -0.05) is 20.3 Å². The van der Waals surface area contributed by atoms with Crippen molar-refractivity contribution < 1.29 is 0 Å². The second kappa shape index (κ2) is 5.05. The van der Waals surface area contributed by atoms with E-state index in [9.17, 15) is 0 Å². The third-order valence-corrected chi connectivity index (χ3v) is 4.92. The van der Waals surface area contributed by atoms with Crippen molar-refractivity contribution in [1.29, 1.82) is 0 Å². The molecule has 2 rings (SSSR count). The smallest absolute Gasteiger partial charge is 0.0337 e. The molecule has 16 heavy (non-hydrogen) atoms. The van der Waals surface area contributed by atoms with Gasteiger partial charge in [0.05, 0.1) is 0 Å². The van der Waals surface area contributed by atoms with Gasteiger partial charge in [-0.25, -0.2) is 0 Å². The SMILES string of the molecule is CCC1CCCCN1C1(CN)CCC(C)C1. The summed E-state index contributed by atoms with van der Waals surface area (Å²) in [5.41, 5.74) is 6.50. The Hall–Kier alpha value is -0.0800. The van der Waals surface area contributed by atoms with E-state index in [1.54, 1.807) is 0 Å². The minimum Gasteiger partial charge on any atom is -0.329 e. The van der Waals surface area contributed by atoms with Crippen molar-refractivity contribution in [2.24, 2.45) is 11.7 Å². The molecule has 0 bridgehead atoms. The van der Waals surface area contributed by atoms with Gasteiger partial charge in [-0.2, -0.15) is 0 Å². The van der Waals surface area contributed by atoms with Crippen LogP contribution in [0.25, 0.3) is 0 Å². The van der Waals surface area contributed by atoms with Crippen LogP contribution in [-0.4, -0.2) is 29.6 Å². The van der Waals surface area contributed by atoms with Crippen LogP contribution in [0.4, 0.5) is 0 Å². The summed E-state index contributed by atoms with van der Waals surface area (Å²) in [4.78, 5) is 2.79. The van der Waals surface area contributed by atoms with E-state index in [4.69, 9.17) is 5.73 Å². The Morgan fingerprint density at radius 2 is 2.12 bits per heavy atom. The normalized spacial score (nSPS) is 41.4. The summed E-state index contributed by atoms with van der Waals surface area (Å²) in [5.74, 6) is 0.878. The maximum atomic E-state index is 6.14. The molecule has 2 aliphatic rings. The monoisotopic (exact) mass is 224 g/mol. The zero-order valence-corrected chi connectivity index (χ0v) is 11.0. The van der Waals surface area contributed by atoms with Gasteiger partial charge in [-0.05, 0) is 51.0 Å². The molecule has 2 fully saturated rings. The molecule has 1 saturated carbocycles. The number of likely N-dealkylation sites (tertiary alicyclic amines) is 1. The van der Waals surface area contributed by atoms with E-state index in [1.807, 2.05) is 0 Å². The standard InChI is InChI=1S/C14H28N2/c1-3-13-6-4-5-9-16(13)14(11-15)8-7-12(2)10-14/h12-13H,3-11,15H2,1-2H3. The predicted octanol–water partition coefficient (Wildman–Crippen LogP) is 2.77. The molecular weight excluding hydrogens is 196 g/mol. The lowest BCUT2D eigenvalue weighted by Crippen LogP contribution is -2.58. The summed E-state index contributed by atoms with van der Waals surface area (Å²) >= 11 is 0. The molecule has 0 spiro atoms. The Balaban J connectivity index is 2.12. The van der Waals surface area contributed by atoms with Gasteiger partial charge in [0.1, 0.15) is 0 Å². The van der Waals surface area contributed by atoms with Crippen LogP contribution in [0.1, 0.15) is 58.8 Å². The van der Waals surface area contributed by atoms with Crippen LogP contribution in [0.15, 0.2) is 0 Å². The molecule has 0 aromatic carbocycles. The Bertz CT molecular complexity index is 229. The Kier molecular flexibility index (Phi) is 3.91. The topological polar surface area (TPSA) is 29.3 Å². The van der Waals surface area contributed by atoms with Crippen molar-refractivity contribution in [2.75, 3.05) is 13.1 Å². The van der Waals surface area contributed by atoms with E-state index < -0.39 is 0 Å². The van der Waals surface area contributed by atoms with Gasteiger partial charge in [0.2, 0.25) is 0 Å². The third kappa shape index (κ3) is 2.14. The molecule has 0 amide bonds. The number of nitrogens with zero attached hydrogens (tertiary/aromatic N) is 1. The van der Waals surface area contributed by atoms with E-state index >= 15 is 0 Å². The van der Waals surface area contributed by atoms with Crippen molar-refractivity contribution in [3.63, 3.8) is 0 Å². The van der Waals surface area contributed by atoms with E-state index in [0.717, 1.165) is 18.5 Å². The van der Waals surface area contributed by atoms with Gasteiger partial charge in [0.15, 0.2) is 0 Å². The molecular formula is C14H28N2. The summed E-state index contributed by atoms with van der Waals surface area (Å²) in [6, 6.07) is 0.808. The van der Waals surface area contributed by atoms with Gasteiger partial charge in [-0.3, -0.25) is 4.90 Å². The molecule has 3 unspecified atom stereocenters. The number of nitrogens with two attached hydrogens (primary N) is 1. The summed E-state index contributed by atoms with van der Waals surface area (Å²) < 4.78 is 0. The average Bonchev–Trinajstić information content (AvgIpc) is 2.72. The van der Waals surface area contributed by atoms with Gasteiger partial charge >= 0.3 is 0 Å². The first-order valence-electron chi connectivity index (χ1n) is 7.18. The molecule has 2 heteroatoms. The minimum absolute atomic E-state index is 0.362. The summed E-state index contributed by atoms with van der Waals surface area (Å²) in [6.07, 6.45) is 9.55. The highest BCUT2D eigenvalue weighted by molar-refractivity contribution is 5.01. The van der Waals surface area contributed by atoms with Crippen molar-refractivity contribution in [3.8, 4) is 0 Å². The highest BCUT2D eigenvalue weighted by atomic mass is 15.2. The summed E-state index contributed by atoms with van der Waals surface area (Å²) in [7, 11) is 0. The lowest BCUT2D eigenvalue weighted by atomic mass is 9.87. The minimum atomic E-state index is 0.362. The predicted molar refractivity (Wildman–Crippen MR) is 69.4 cm³/mol. The van der Waals surface area contributed by atoms with Crippen LogP contribution in [0.5, 0.6) is 0 Å². The molecule has 1 aliphatic carbocycles. The molecule has 1 aliphatic heterocycles. The Morgan fingerprint density at radius 3 is 2.69 bits per heavy atom. The van der Waals surface area contributed by atoms with Gasteiger partial charge in [0.25, 0.3) is 0 Å². The summed E-state index contributed by atoms with van der Waals surface area (Å²) in [5, 5.41) is 0. The fourth-order valence-corrected chi connectivity index (χ4v) is 3.98. The van der Waals surface area contributed by atoms with Crippen molar-refractivity contribution >= 4 is 0 Å². The quantitative estimate of drug-likeness (QED) is 0.798. The largest absolute Gasteiger partial charge is 0.329 e. The maximum Gasteiger partial charge on any atom is 0.0337 e. The van der Waals surface area contributed by atoms with Crippen LogP contribution in [0.2, 0.25) is 0 Å². The second-order valence-corrected chi connectivity index (χ2v) is 6.03. The number of rotatable bonds is 3. The molecule has 1 saturated heterocycles. The van der Waals surface area contributed by atoms with Crippen molar-refractivity contribution in [2.45, 2.75) is 70.4 Å². The van der Waals surface area contributed by atoms with E-state index in [1.165, 1.54) is 51.5 Å². The van der Waals surface area contributed by atoms with Gasteiger partial charge in [-0.15, -0.1) is 0 Å². The number of piperidine rings is 1. The molecule has 3 atom stereocenters. The molecule has 94 valence electrons. The first-order valence-corrected chi connectivity index (χ1v) is 7.18. The first kappa shape index (κ1) is 12.4. The fourth-order valence-electron chi connectivity index (χ4n) is 3.98. The second-order valence-electron chi connectivity index (χ2n) is 6.03. The van der Waals surface area contributed by atoms with Gasteiger partial charge < -0.3 is 5.73 Å². The molecule has 0 aromatic rings. The lowest BCUT2D eigenvalue weighted by molar-refractivity contribution is 0.0218. The molecule has 0 aromatic heterocycles. The van der Waals surface area contributed by atoms with E-state index in [0.29, 0.717) is 5.54 Å². The lowest BCUT2D eigenvalue weighted by Gasteiger charge is -2.48.